The number of rotatable bonds is 5. The Labute approximate surface area is 125 Å². The largest absolute Gasteiger partial charge is 0.472 e. The minimum atomic E-state index is 0.0644. The number of hydrogen-bond donors (Lipinski definition) is 0. The van der Waals surface area contributed by atoms with Crippen molar-refractivity contribution in [1.82, 2.24) is 4.90 Å². The summed E-state index contributed by atoms with van der Waals surface area (Å²) in [5.74, 6) is 0.0644. The molecule has 0 bridgehead atoms. The van der Waals surface area contributed by atoms with Crippen LogP contribution in [0.5, 0.6) is 0 Å². The quantitative estimate of drug-likeness (QED) is 0.706. The van der Waals surface area contributed by atoms with Crippen molar-refractivity contribution >= 4 is 28.6 Å². The summed E-state index contributed by atoms with van der Waals surface area (Å²) in [7, 11) is 0. The first-order valence-corrected chi connectivity index (χ1v) is 7.95. The topological polar surface area (TPSA) is 33.5 Å². The van der Waals surface area contributed by atoms with E-state index >= 15 is 0 Å². The number of carbonyl (C=O) groups is 1. The Hall–Kier alpha value is -1.85. The fraction of sp³-hybridized carbons (Fsp3) is 0.133. The highest BCUT2D eigenvalue weighted by Crippen LogP contribution is 2.19. The van der Waals surface area contributed by atoms with E-state index in [0.29, 0.717) is 13.1 Å². The predicted octanol–water partition coefficient (Wildman–Crippen LogP) is 4.25. The standard InChI is InChI=1S/C15H13NO2S2/c17-15(14-4-2-8-20-14)16(9-12-5-6-18-11-12)10-13-3-1-7-19-13/h1-8,11H,9-10H2. The Balaban J connectivity index is 1.81. The fourth-order valence-corrected chi connectivity index (χ4v) is 3.36. The lowest BCUT2D eigenvalue weighted by Gasteiger charge is -2.20. The molecule has 0 spiro atoms. The lowest BCUT2D eigenvalue weighted by molar-refractivity contribution is 0.0736. The van der Waals surface area contributed by atoms with Gasteiger partial charge in [0.2, 0.25) is 0 Å². The Morgan fingerprint density at radius 3 is 2.60 bits per heavy atom. The molecule has 3 aromatic heterocycles. The number of thiophene rings is 2. The van der Waals surface area contributed by atoms with Gasteiger partial charge in [-0.1, -0.05) is 12.1 Å². The highest BCUT2D eigenvalue weighted by atomic mass is 32.1. The number of carbonyl (C=O) groups excluding carboxylic acids is 1. The van der Waals surface area contributed by atoms with E-state index in [-0.39, 0.29) is 5.91 Å². The van der Waals surface area contributed by atoms with Crippen molar-refractivity contribution < 1.29 is 9.21 Å². The minimum absolute atomic E-state index is 0.0644. The van der Waals surface area contributed by atoms with Crippen LogP contribution in [0, 0.1) is 0 Å². The summed E-state index contributed by atoms with van der Waals surface area (Å²) < 4.78 is 5.09. The van der Waals surface area contributed by atoms with Gasteiger partial charge in [-0.2, -0.15) is 0 Å². The molecule has 0 radical (unpaired) electrons. The summed E-state index contributed by atoms with van der Waals surface area (Å²) in [5.41, 5.74) is 1.01. The zero-order chi connectivity index (χ0) is 13.8. The lowest BCUT2D eigenvalue weighted by atomic mass is 10.2. The van der Waals surface area contributed by atoms with E-state index in [0.717, 1.165) is 10.4 Å². The van der Waals surface area contributed by atoms with E-state index in [1.807, 2.05) is 39.9 Å². The first kappa shape index (κ1) is 13.1. The van der Waals surface area contributed by atoms with Crippen LogP contribution in [-0.4, -0.2) is 10.8 Å². The second-order valence-electron chi connectivity index (χ2n) is 4.35. The number of hydrogen-bond acceptors (Lipinski definition) is 4. The molecule has 3 aromatic rings. The van der Waals surface area contributed by atoms with Crippen LogP contribution in [0.25, 0.3) is 0 Å². The Morgan fingerprint density at radius 1 is 1.10 bits per heavy atom. The summed E-state index contributed by atoms with van der Waals surface area (Å²) in [4.78, 5) is 16.4. The molecule has 0 fully saturated rings. The molecule has 0 atom stereocenters. The maximum atomic E-state index is 12.6. The second kappa shape index (κ2) is 6.07. The molecule has 3 nitrogen and oxygen atoms in total. The van der Waals surface area contributed by atoms with Crippen molar-refractivity contribution in [2.45, 2.75) is 13.1 Å². The molecule has 0 aliphatic carbocycles. The summed E-state index contributed by atoms with van der Waals surface area (Å²) >= 11 is 3.14. The first-order chi connectivity index (χ1) is 9.83. The zero-order valence-electron chi connectivity index (χ0n) is 10.7. The van der Waals surface area contributed by atoms with Gasteiger partial charge in [0.1, 0.15) is 0 Å². The van der Waals surface area contributed by atoms with Gasteiger partial charge in [-0.15, -0.1) is 22.7 Å². The van der Waals surface area contributed by atoms with Crippen molar-refractivity contribution in [1.29, 1.82) is 0 Å². The molecule has 0 saturated heterocycles. The van der Waals surface area contributed by atoms with Crippen LogP contribution in [0.2, 0.25) is 0 Å². The van der Waals surface area contributed by atoms with E-state index in [4.69, 9.17) is 4.42 Å². The summed E-state index contributed by atoms with van der Waals surface area (Å²) in [5, 5.41) is 3.95. The highest BCUT2D eigenvalue weighted by molar-refractivity contribution is 7.12. The molecule has 1 amide bonds. The smallest absolute Gasteiger partial charge is 0.264 e. The van der Waals surface area contributed by atoms with Crippen LogP contribution in [-0.2, 0) is 13.1 Å². The second-order valence-corrected chi connectivity index (χ2v) is 6.33. The molecule has 0 unspecified atom stereocenters. The Kier molecular flexibility index (Phi) is 3.99. The van der Waals surface area contributed by atoms with Crippen LogP contribution in [0.15, 0.2) is 58.0 Å². The molecule has 5 heteroatoms. The van der Waals surface area contributed by atoms with Gasteiger partial charge >= 0.3 is 0 Å². The van der Waals surface area contributed by atoms with E-state index in [1.165, 1.54) is 16.2 Å². The van der Waals surface area contributed by atoms with Crippen molar-refractivity contribution in [3.8, 4) is 0 Å². The molecule has 0 aromatic carbocycles. The monoisotopic (exact) mass is 303 g/mol. The molecule has 20 heavy (non-hydrogen) atoms. The molecule has 0 saturated carbocycles. The van der Waals surface area contributed by atoms with E-state index in [9.17, 15) is 4.79 Å². The minimum Gasteiger partial charge on any atom is -0.472 e. The zero-order valence-corrected chi connectivity index (χ0v) is 12.3. The summed E-state index contributed by atoms with van der Waals surface area (Å²) in [6.07, 6.45) is 3.32. The third-order valence-corrected chi connectivity index (χ3v) is 4.62. The lowest BCUT2D eigenvalue weighted by Crippen LogP contribution is -2.29. The fourth-order valence-electron chi connectivity index (χ4n) is 1.95. The average Bonchev–Trinajstić information content (AvgIpc) is 3.20. The normalized spacial score (nSPS) is 10.6. The highest BCUT2D eigenvalue weighted by Gasteiger charge is 2.18. The molecule has 0 N–H and O–H groups in total. The van der Waals surface area contributed by atoms with Gasteiger partial charge in [-0.05, 0) is 29.0 Å². The van der Waals surface area contributed by atoms with Crippen LogP contribution >= 0.6 is 22.7 Å². The van der Waals surface area contributed by atoms with Crippen LogP contribution in [0.1, 0.15) is 20.1 Å². The molecular weight excluding hydrogens is 290 g/mol. The first-order valence-electron chi connectivity index (χ1n) is 6.19. The van der Waals surface area contributed by atoms with Gasteiger partial charge in [-0.25, -0.2) is 0 Å². The molecule has 102 valence electrons. The Morgan fingerprint density at radius 2 is 1.95 bits per heavy atom. The van der Waals surface area contributed by atoms with Crippen LogP contribution in [0.4, 0.5) is 0 Å². The van der Waals surface area contributed by atoms with Gasteiger partial charge in [0.15, 0.2) is 0 Å². The molecule has 3 heterocycles. The van der Waals surface area contributed by atoms with Gasteiger partial charge < -0.3 is 9.32 Å². The number of furan rings is 1. The van der Waals surface area contributed by atoms with Crippen molar-refractivity contribution in [3.63, 3.8) is 0 Å². The maximum absolute atomic E-state index is 12.6. The van der Waals surface area contributed by atoms with Crippen LogP contribution in [0.3, 0.4) is 0 Å². The van der Waals surface area contributed by atoms with Crippen LogP contribution < -0.4 is 0 Å². The summed E-state index contributed by atoms with van der Waals surface area (Å²) in [6.45, 7) is 1.19. The maximum Gasteiger partial charge on any atom is 0.264 e. The van der Waals surface area contributed by atoms with E-state index in [1.54, 1.807) is 23.9 Å². The third-order valence-electron chi connectivity index (χ3n) is 2.90. The molecule has 3 rings (SSSR count). The van der Waals surface area contributed by atoms with Crippen molar-refractivity contribution in [2.24, 2.45) is 0 Å². The average molecular weight is 303 g/mol. The van der Waals surface area contributed by atoms with Gasteiger partial charge in [0.05, 0.1) is 23.9 Å². The number of amides is 1. The van der Waals surface area contributed by atoms with Crippen molar-refractivity contribution in [2.75, 3.05) is 0 Å². The molecule has 0 aliphatic heterocycles. The van der Waals surface area contributed by atoms with Gasteiger partial charge in [-0.3, -0.25) is 4.79 Å². The van der Waals surface area contributed by atoms with E-state index < -0.39 is 0 Å². The molecular formula is C15H13NO2S2. The Bertz CT molecular complexity index is 606. The van der Waals surface area contributed by atoms with Gasteiger partial charge in [0, 0.05) is 17.0 Å². The number of nitrogens with zero attached hydrogens (tertiary/aromatic N) is 1. The van der Waals surface area contributed by atoms with Gasteiger partial charge in [0.25, 0.3) is 5.91 Å². The summed E-state index contributed by atoms with van der Waals surface area (Å²) in [6, 6.07) is 9.71. The van der Waals surface area contributed by atoms with E-state index in [2.05, 4.69) is 6.07 Å². The predicted molar refractivity (Wildman–Crippen MR) is 80.9 cm³/mol. The van der Waals surface area contributed by atoms with Crippen molar-refractivity contribution in [3.05, 3.63) is 68.9 Å². The third kappa shape index (κ3) is 3.00. The SMILES string of the molecule is O=C(c1cccs1)N(Cc1ccoc1)Cc1cccs1. The molecule has 0 aliphatic rings.